The highest BCUT2D eigenvalue weighted by atomic mass is 16.2. The van der Waals surface area contributed by atoms with Gasteiger partial charge in [0.05, 0.1) is 5.69 Å². The average Bonchev–Trinajstić information content (AvgIpc) is 3.02. The van der Waals surface area contributed by atoms with E-state index in [0.29, 0.717) is 11.7 Å². The summed E-state index contributed by atoms with van der Waals surface area (Å²) in [7, 11) is 0. The molecule has 2 saturated heterocycles. The van der Waals surface area contributed by atoms with Gasteiger partial charge in [-0.1, -0.05) is 0 Å². The molecule has 5 heteroatoms. The Morgan fingerprint density at radius 3 is 2.86 bits per heavy atom. The van der Waals surface area contributed by atoms with Crippen molar-refractivity contribution in [2.45, 2.75) is 51.7 Å². The van der Waals surface area contributed by atoms with Crippen LogP contribution in [0.4, 0.5) is 5.69 Å². The van der Waals surface area contributed by atoms with Crippen LogP contribution < -0.4 is 5.73 Å². The van der Waals surface area contributed by atoms with Crippen molar-refractivity contribution in [3.63, 3.8) is 0 Å². The second-order valence-corrected chi connectivity index (χ2v) is 6.76. The first-order valence-electron chi connectivity index (χ1n) is 7.99. The fourth-order valence-corrected chi connectivity index (χ4v) is 3.72. The summed E-state index contributed by atoms with van der Waals surface area (Å²) in [6.07, 6.45) is 4.34. The third-order valence-corrected chi connectivity index (χ3v) is 4.84. The van der Waals surface area contributed by atoms with Crippen molar-refractivity contribution in [3.05, 3.63) is 18.0 Å². The van der Waals surface area contributed by atoms with E-state index in [1.165, 1.54) is 19.4 Å². The lowest BCUT2D eigenvalue weighted by atomic mass is 10.1. The topological polar surface area (TPSA) is 54.5 Å². The number of hydrogen-bond donors (Lipinski definition) is 1. The van der Waals surface area contributed by atoms with Gasteiger partial charge in [-0.05, 0) is 46.2 Å². The minimum atomic E-state index is 0.124. The summed E-state index contributed by atoms with van der Waals surface area (Å²) < 4.78 is 1.99. The molecule has 0 bridgehead atoms. The number of nitrogens with zero attached hydrogens (tertiary/aromatic N) is 3. The van der Waals surface area contributed by atoms with Crippen LogP contribution in [0.3, 0.4) is 0 Å². The van der Waals surface area contributed by atoms with E-state index in [1.54, 1.807) is 0 Å². The van der Waals surface area contributed by atoms with Gasteiger partial charge < -0.3 is 15.2 Å². The Morgan fingerprint density at radius 2 is 2.14 bits per heavy atom. The average molecular weight is 290 g/mol. The Morgan fingerprint density at radius 1 is 1.38 bits per heavy atom. The second-order valence-electron chi connectivity index (χ2n) is 6.76. The molecule has 1 amide bonds. The summed E-state index contributed by atoms with van der Waals surface area (Å²) >= 11 is 0. The van der Waals surface area contributed by atoms with E-state index in [9.17, 15) is 4.79 Å². The Bertz CT molecular complexity index is 536. The molecule has 2 unspecified atom stereocenters. The zero-order chi connectivity index (χ0) is 15.1. The predicted molar refractivity (Wildman–Crippen MR) is 84.3 cm³/mol. The van der Waals surface area contributed by atoms with Crippen molar-refractivity contribution in [1.82, 2.24) is 14.4 Å². The van der Waals surface area contributed by atoms with Crippen LogP contribution in [-0.2, 0) is 0 Å². The lowest BCUT2D eigenvalue weighted by molar-refractivity contribution is 0.0385. The minimum Gasteiger partial charge on any atom is -0.397 e. The number of piperazine rings is 1. The van der Waals surface area contributed by atoms with E-state index in [2.05, 4.69) is 25.7 Å². The molecule has 2 N–H and O–H groups in total. The van der Waals surface area contributed by atoms with Gasteiger partial charge in [-0.15, -0.1) is 0 Å². The Kier molecular flexibility index (Phi) is 3.69. The highest BCUT2D eigenvalue weighted by molar-refractivity contribution is 5.94. The molecule has 3 rings (SSSR count). The maximum Gasteiger partial charge on any atom is 0.270 e. The fourth-order valence-electron chi connectivity index (χ4n) is 3.72. The molecule has 1 aromatic rings. The first kappa shape index (κ1) is 14.4. The summed E-state index contributed by atoms with van der Waals surface area (Å²) in [6.45, 7) is 9.34. The predicted octanol–water partition coefficient (Wildman–Crippen LogP) is 1.96. The lowest BCUT2D eigenvalue weighted by Crippen LogP contribution is -2.57. The van der Waals surface area contributed by atoms with E-state index in [-0.39, 0.29) is 18.0 Å². The minimum absolute atomic E-state index is 0.124. The van der Waals surface area contributed by atoms with Gasteiger partial charge in [0, 0.05) is 37.4 Å². The quantitative estimate of drug-likeness (QED) is 0.906. The van der Waals surface area contributed by atoms with Gasteiger partial charge in [0.15, 0.2) is 0 Å². The highest BCUT2D eigenvalue weighted by Gasteiger charge is 2.37. The van der Waals surface area contributed by atoms with Gasteiger partial charge in [0.2, 0.25) is 0 Å². The number of anilines is 1. The fraction of sp³-hybridized carbons (Fsp3) is 0.688. The normalized spacial score (nSPS) is 26.4. The second kappa shape index (κ2) is 5.37. The number of carbonyl (C=O) groups excluding carboxylic acids is 1. The van der Waals surface area contributed by atoms with Crippen LogP contribution >= 0.6 is 0 Å². The first-order chi connectivity index (χ1) is 9.97. The number of rotatable bonds is 2. The molecule has 0 saturated carbocycles. The largest absolute Gasteiger partial charge is 0.397 e. The molecule has 2 atom stereocenters. The van der Waals surface area contributed by atoms with E-state index in [1.807, 2.05) is 21.7 Å². The van der Waals surface area contributed by atoms with Crippen molar-refractivity contribution in [1.29, 1.82) is 0 Å². The zero-order valence-electron chi connectivity index (χ0n) is 13.2. The Hall–Kier alpha value is -1.49. The molecule has 0 spiro atoms. The number of nitrogen functional groups attached to an aromatic ring is 1. The van der Waals surface area contributed by atoms with Gasteiger partial charge in [0.1, 0.15) is 5.69 Å². The highest BCUT2D eigenvalue weighted by Crippen LogP contribution is 2.27. The molecule has 0 aliphatic carbocycles. The van der Waals surface area contributed by atoms with Crippen LogP contribution in [0.5, 0.6) is 0 Å². The van der Waals surface area contributed by atoms with Crippen LogP contribution in [0.15, 0.2) is 12.3 Å². The molecule has 116 valence electrons. The Labute approximate surface area is 126 Å². The number of nitrogens with two attached hydrogens (primary N) is 1. The molecule has 5 nitrogen and oxygen atoms in total. The monoisotopic (exact) mass is 290 g/mol. The zero-order valence-corrected chi connectivity index (χ0v) is 13.2. The number of carbonyl (C=O) groups is 1. The molecule has 0 aromatic carbocycles. The van der Waals surface area contributed by atoms with Crippen LogP contribution in [0, 0.1) is 0 Å². The van der Waals surface area contributed by atoms with E-state index in [4.69, 9.17) is 5.73 Å². The number of hydrogen-bond acceptors (Lipinski definition) is 3. The van der Waals surface area contributed by atoms with Crippen LogP contribution in [0.1, 0.15) is 50.1 Å². The molecule has 2 fully saturated rings. The van der Waals surface area contributed by atoms with Crippen LogP contribution in [-0.4, -0.2) is 52.0 Å². The molecule has 2 aliphatic heterocycles. The SMILES string of the molecule is CC1CN2CCCC2CN1C(=O)c1cc(N)cn1C(C)C. The molecule has 1 aromatic heterocycles. The van der Waals surface area contributed by atoms with Gasteiger partial charge in [-0.3, -0.25) is 9.69 Å². The van der Waals surface area contributed by atoms with Crippen molar-refractivity contribution < 1.29 is 4.79 Å². The molecule has 2 aliphatic rings. The first-order valence-corrected chi connectivity index (χ1v) is 7.99. The number of amides is 1. The summed E-state index contributed by atoms with van der Waals surface area (Å²) in [5, 5.41) is 0. The van der Waals surface area contributed by atoms with E-state index in [0.717, 1.165) is 18.8 Å². The third-order valence-electron chi connectivity index (χ3n) is 4.84. The summed E-state index contributed by atoms with van der Waals surface area (Å²) in [5.74, 6) is 0.124. The van der Waals surface area contributed by atoms with E-state index < -0.39 is 0 Å². The standard InChI is InChI=1S/C16H26N4O/c1-11(2)19-9-13(17)7-15(19)16(21)20-10-14-5-4-6-18(14)8-12(20)3/h7,9,11-12,14H,4-6,8,10,17H2,1-3H3. The third kappa shape index (κ3) is 2.55. The smallest absolute Gasteiger partial charge is 0.270 e. The molecular weight excluding hydrogens is 264 g/mol. The summed E-state index contributed by atoms with van der Waals surface area (Å²) in [4.78, 5) is 17.5. The molecule has 21 heavy (non-hydrogen) atoms. The van der Waals surface area contributed by atoms with Gasteiger partial charge >= 0.3 is 0 Å². The molecular formula is C16H26N4O. The van der Waals surface area contributed by atoms with Gasteiger partial charge in [0.25, 0.3) is 5.91 Å². The van der Waals surface area contributed by atoms with Crippen molar-refractivity contribution in [2.75, 3.05) is 25.4 Å². The van der Waals surface area contributed by atoms with Crippen molar-refractivity contribution in [2.24, 2.45) is 0 Å². The summed E-state index contributed by atoms with van der Waals surface area (Å²) in [6, 6.07) is 2.87. The lowest BCUT2D eigenvalue weighted by Gasteiger charge is -2.42. The van der Waals surface area contributed by atoms with Crippen LogP contribution in [0.25, 0.3) is 0 Å². The van der Waals surface area contributed by atoms with E-state index >= 15 is 0 Å². The molecule has 0 radical (unpaired) electrons. The maximum atomic E-state index is 13.0. The maximum absolute atomic E-state index is 13.0. The van der Waals surface area contributed by atoms with Crippen LogP contribution in [0.2, 0.25) is 0 Å². The van der Waals surface area contributed by atoms with Crippen molar-refractivity contribution in [3.8, 4) is 0 Å². The Balaban J connectivity index is 1.84. The van der Waals surface area contributed by atoms with Crippen molar-refractivity contribution >= 4 is 11.6 Å². The molecule has 3 heterocycles. The van der Waals surface area contributed by atoms with Gasteiger partial charge in [-0.25, -0.2) is 0 Å². The number of fused-ring (bicyclic) bond motifs is 1. The summed E-state index contributed by atoms with van der Waals surface area (Å²) in [5.41, 5.74) is 7.29. The van der Waals surface area contributed by atoms with Gasteiger partial charge in [-0.2, -0.15) is 0 Å². The number of aromatic nitrogens is 1.